The summed E-state index contributed by atoms with van der Waals surface area (Å²) in [6, 6.07) is 17.3. The zero-order chi connectivity index (χ0) is 17.6. The number of carbonyl (C=O) groups is 1. The molecule has 2 aromatic carbocycles. The van der Waals surface area contributed by atoms with Crippen LogP contribution >= 0.6 is 23.4 Å². The molecule has 128 valence electrons. The van der Waals surface area contributed by atoms with Gasteiger partial charge in [0.1, 0.15) is 0 Å². The van der Waals surface area contributed by atoms with Gasteiger partial charge in [-0.15, -0.1) is 10.2 Å². The van der Waals surface area contributed by atoms with Crippen LogP contribution < -0.4 is 5.32 Å². The molecule has 0 bridgehead atoms. The van der Waals surface area contributed by atoms with E-state index in [9.17, 15) is 4.79 Å². The van der Waals surface area contributed by atoms with Crippen molar-refractivity contribution in [2.24, 2.45) is 7.05 Å². The fourth-order valence-electron chi connectivity index (χ4n) is 2.31. The van der Waals surface area contributed by atoms with E-state index in [0.717, 1.165) is 17.0 Å². The van der Waals surface area contributed by atoms with Crippen molar-refractivity contribution in [2.45, 2.75) is 11.7 Å². The van der Waals surface area contributed by atoms with Crippen LogP contribution in [0.2, 0.25) is 5.02 Å². The topological polar surface area (TPSA) is 59.8 Å². The third-order valence-electron chi connectivity index (χ3n) is 3.58. The van der Waals surface area contributed by atoms with Gasteiger partial charge in [-0.1, -0.05) is 65.8 Å². The maximum Gasteiger partial charge on any atom is 0.230 e. The minimum atomic E-state index is -0.0609. The second kappa shape index (κ2) is 8.18. The van der Waals surface area contributed by atoms with Crippen molar-refractivity contribution < 1.29 is 4.79 Å². The van der Waals surface area contributed by atoms with Crippen molar-refractivity contribution in [3.63, 3.8) is 0 Å². The monoisotopic (exact) mass is 372 g/mol. The maximum atomic E-state index is 12.0. The summed E-state index contributed by atoms with van der Waals surface area (Å²) in [5, 5.41) is 12.6. The molecule has 0 saturated heterocycles. The molecule has 5 nitrogen and oxygen atoms in total. The third-order valence-corrected chi connectivity index (χ3v) is 4.83. The minimum absolute atomic E-state index is 0.0609. The van der Waals surface area contributed by atoms with E-state index < -0.39 is 0 Å². The largest absolute Gasteiger partial charge is 0.351 e. The van der Waals surface area contributed by atoms with E-state index in [4.69, 9.17) is 11.6 Å². The molecule has 1 amide bonds. The summed E-state index contributed by atoms with van der Waals surface area (Å²) < 4.78 is 1.89. The van der Waals surface area contributed by atoms with E-state index in [2.05, 4.69) is 15.5 Å². The second-order valence-electron chi connectivity index (χ2n) is 5.43. The molecule has 25 heavy (non-hydrogen) atoms. The minimum Gasteiger partial charge on any atom is -0.351 e. The lowest BCUT2D eigenvalue weighted by Crippen LogP contribution is -2.24. The van der Waals surface area contributed by atoms with Gasteiger partial charge in [0, 0.05) is 24.2 Å². The quantitative estimate of drug-likeness (QED) is 0.672. The average molecular weight is 373 g/mol. The Bertz CT molecular complexity index is 867. The van der Waals surface area contributed by atoms with Gasteiger partial charge < -0.3 is 9.88 Å². The number of rotatable bonds is 6. The smallest absolute Gasteiger partial charge is 0.230 e. The predicted octanol–water partition coefficient (Wildman–Crippen LogP) is 3.54. The van der Waals surface area contributed by atoms with Gasteiger partial charge in [0.05, 0.1) is 5.75 Å². The zero-order valence-corrected chi connectivity index (χ0v) is 15.2. The highest BCUT2D eigenvalue weighted by Crippen LogP contribution is 2.22. The van der Waals surface area contributed by atoms with Crippen LogP contribution in [0.5, 0.6) is 0 Å². The van der Waals surface area contributed by atoms with Crippen molar-refractivity contribution in [2.75, 3.05) is 5.75 Å². The van der Waals surface area contributed by atoms with Crippen molar-refractivity contribution in [3.8, 4) is 11.4 Å². The van der Waals surface area contributed by atoms with E-state index in [0.29, 0.717) is 16.7 Å². The molecule has 0 aliphatic carbocycles. The van der Waals surface area contributed by atoms with Gasteiger partial charge in [0.25, 0.3) is 0 Å². The first kappa shape index (κ1) is 17.5. The summed E-state index contributed by atoms with van der Waals surface area (Å²) >= 11 is 7.30. The van der Waals surface area contributed by atoms with Crippen LogP contribution in [0.4, 0.5) is 0 Å². The average Bonchev–Trinajstić information content (AvgIpc) is 2.99. The van der Waals surface area contributed by atoms with E-state index in [1.807, 2.05) is 60.1 Å². The van der Waals surface area contributed by atoms with Crippen molar-refractivity contribution in [3.05, 3.63) is 65.2 Å². The third kappa shape index (κ3) is 4.61. The van der Waals surface area contributed by atoms with Gasteiger partial charge in [-0.05, 0) is 17.7 Å². The van der Waals surface area contributed by atoms with Gasteiger partial charge in [-0.2, -0.15) is 0 Å². The molecule has 0 aliphatic heterocycles. The fourth-order valence-corrected chi connectivity index (χ4v) is 3.26. The second-order valence-corrected chi connectivity index (χ2v) is 6.81. The first-order chi connectivity index (χ1) is 12.1. The van der Waals surface area contributed by atoms with Gasteiger partial charge in [0.15, 0.2) is 11.0 Å². The lowest BCUT2D eigenvalue weighted by molar-refractivity contribution is -0.118. The molecule has 0 aliphatic rings. The van der Waals surface area contributed by atoms with E-state index >= 15 is 0 Å². The fraction of sp³-hybridized carbons (Fsp3) is 0.167. The zero-order valence-electron chi connectivity index (χ0n) is 13.6. The molecule has 0 fully saturated rings. The molecule has 3 aromatic rings. The summed E-state index contributed by atoms with van der Waals surface area (Å²) in [6.07, 6.45) is 0. The Morgan fingerprint density at radius 2 is 1.96 bits per heavy atom. The number of benzene rings is 2. The van der Waals surface area contributed by atoms with E-state index in [-0.39, 0.29) is 11.7 Å². The van der Waals surface area contributed by atoms with Crippen LogP contribution in [0.3, 0.4) is 0 Å². The molecule has 7 heteroatoms. The molecule has 1 aromatic heterocycles. The number of thioether (sulfide) groups is 1. The standard InChI is InChI=1S/C18H17ClN4OS/c1-23-17(14-7-3-2-4-8-14)21-22-18(23)25-12-16(24)20-11-13-6-5-9-15(19)10-13/h2-10H,11-12H2,1H3,(H,20,24). The SMILES string of the molecule is Cn1c(SCC(=O)NCc2cccc(Cl)c2)nnc1-c1ccccc1. The van der Waals surface area contributed by atoms with Gasteiger partial charge in [-0.3, -0.25) is 4.79 Å². The van der Waals surface area contributed by atoms with Gasteiger partial charge >= 0.3 is 0 Å². The first-order valence-electron chi connectivity index (χ1n) is 7.72. The van der Waals surface area contributed by atoms with Crippen molar-refractivity contribution in [1.82, 2.24) is 20.1 Å². The number of amides is 1. The molecular formula is C18H17ClN4OS. The number of carbonyl (C=O) groups excluding carboxylic acids is 1. The number of nitrogens with zero attached hydrogens (tertiary/aromatic N) is 3. The molecule has 0 unspecified atom stereocenters. The lowest BCUT2D eigenvalue weighted by atomic mass is 10.2. The molecule has 0 spiro atoms. The van der Waals surface area contributed by atoms with Crippen LogP contribution in [0, 0.1) is 0 Å². The normalized spacial score (nSPS) is 10.6. The summed E-state index contributed by atoms with van der Waals surface area (Å²) in [7, 11) is 1.90. The summed E-state index contributed by atoms with van der Waals surface area (Å²) in [5.74, 6) is 0.998. The van der Waals surface area contributed by atoms with Crippen LogP contribution in [0.15, 0.2) is 59.8 Å². The van der Waals surface area contributed by atoms with Crippen molar-refractivity contribution in [1.29, 1.82) is 0 Å². The van der Waals surface area contributed by atoms with Crippen LogP contribution in [0.1, 0.15) is 5.56 Å². The van der Waals surface area contributed by atoms with Crippen LogP contribution in [-0.4, -0.2) is 26.4 Å². The Labute approximate surface area is 155 Å². The molecular weight excluding hydrogens is 356 g/mol. The van der Waals surface area contributed by atoms with Gasteiger partial charge in [0.2, 0.25) is 5.91 Å². The Kier molecular flexibility index (Phi) is 5.73. The predicted molar refractivity (Wildman–Crippen MR) is 100 cm³/mol. The summed E-state index contributed by atoms with van der Waals surface area (Å²) in [4.78, 5) is 12.0. The highest BCUT2D eigenvalue weighted by molar-refractivity contribution is 7.99. The van der Waals surface area contributed by atoms with Crippen LogP contribution in [-0.2, 0) is 18.4 Å². The maximum absolute atomic E-state index is 12.0. The Balaban J connectivity index is 1.55. The number of hydrogen-bond acceptors (Lipinski definition) is 4. The first-order valence-corrected chi connectivity index (χ1v) is 9.08. The molecule has 0 saturated carbocycles. The van der Waals surface area contributed by atoms with Crippen LogP contribution in [0.25, 0.3) is 11.4 Å². The van der Waals surface area contributed by atoms with E-state index in [1.54, 1.807) is 6.07 Å². The molecule has 1 N–H and O–H groups in total. The molecule has 3 rings (SSSR count). The summed E-state index contributed by atoms with van der Waals surface area (Å²) in [6.45, 7) is 0.452. The Hall–Kier alpha value is -2.31. The Morgan fingerprint density at radius 1 is 1.16 bits per heavy atom. The molecule has 0 radical (unpaired) electrons. The Morgan fingerprint density at radius 3 is 2.72 bits per heavy atom. The van der Waals surface area contributed by atoms with E-state index in [1.165, 1.54) is 11.8 Å². The highest BCUT2D eigenvalue weighted by Gasteiger charge is 2.12. The lowest BCUT2D eigenvalue weighted by Gasteiger charge is -2.06. The number of halogens is 1. The molecule has 0 atom stereocenters. The highest BCUT2D eigenvalue weighted by atomic mass is 35.5. The van der Waals surface area contributed by atoms with Crippen molar-refractivity contribution >= 4 is 29.3 Å². The number of aromatic nitrogens is 3. The summed E-state index contributed by atoms with van der Waals surface area (Å²) in [5.41, 5.74) is 1.96. The van der Waals surface area contributed by atoms with Gasteiger partial charge in [-0.25, -0.2) is 0 Å². The number of nitrogens with one attached hydrogen (secondary N) is 1. The number of hydrogen-bond donors (Lipinski definition) is 1. The molecule has 1 heterocycles.